The molecular weight excluding hydrogens is 270 g/mol. The minimum atomic E-state index is -0.835. The highest BCUT2D eigenvalue weighted by molar-refractivity contribution is 6.07. The zero-order chi connectivity index (χ0) is 15.0. The van der Waals surface area contributed by atoms with Crippen molar-refractivity contribution in [3.05, 3.63) is 41.2 Å². The number of anilines is 1. The highest BCUT2D eigenvalue weighted by Gasteiger charge is 2.58. The molecule has 0 radical (unpaired) electrons. The van der Waals surface area contributed by atoms with Crippen LogP contribution in [0.25, 0.3) is 4.85 Å². The molecule has 2 atom stereocenters. The number of carbonyl (C=O) groups is 2. The molecule has 2 amide bonds. The van der Waals surface area contributed by atoms with Gasteiger partial charge in [-0.1, -0.05) is 18.2 Å². The molecule has 1 aromatic rings. The molecule has 1 N–H and O–H groups in total. The number of para-hydroxylation sites is 1. The van der Waals surface area contributed by atoms with Crippen molar-refractivity contribution in [3.63, 3.8) is 0 Å². The topological polar surface area (TPSA) is 63.0 Å². The lowest BCUT2D eigenvalue weighted by molar-refractivity contribution is -0.120. The van der Waals surface area contributed by atoms with Crippen molar-refractivity contribution in [3.8, 4) is 0 Å². The number of amides is 2. The maximum atomic E-state index is 12.5. The van der Waals surface area contributed by atoms with Gasteiger partial charge in [-0.3, -0.25) is 9.64 Å². The van der Waals surface area contributed by atoms with Gasteiger partial charge in [0.1, 0.15) is 5.41 Å². The molecule has 3 rings (SSSR count). The zero-order valence-corrected chi connectivity index (χ0v) is 11.6. The summed E-state index contributed by atoms with van der Waals surface area (Å²) in [6, 6.07) is 7.42. The number of nitrogens with zero attached hydrogens (tertiary/aromatic N) is 2. The van der Waals surface area contributed by atoms with Gasteiger partial charge in [0.05, 0.1) is 19.6 Å². The Bertz CT molecular complexity index is 652. The van der Waals surface area contributed by atoms with Crippen LogP contribution in [0.1, 0.15) is 18.9 Å². The second-order valence-electron chi connectivity index (χ2n) is 5.22. The third-order valence-corrected chi connectivity index (χ3v) is 4.11. The summed E-state index contributed by atoms with van der Waals surface area (Å²) in [4.78, 5) is 29.3. The molecule has 21 heavy (non-hydrogen) atoms. The quantitative estimate of drug-likeness (QED) is 0.803. The van der Waals surface area contributed by atoms with Crippen LogP contribution in [-0.2, 0) is 14.9 Å². The fraction of sp³-hybridized carbons (Fsp3) is 0.400. The molecule has 108 valence electrons. The van der Waals surface area contributed by atoms with E-state index in [1.54, 1.807) is 6.92 Å². The van der Waals surface area contributed by atoms with Crippen LogP contribution in [0.4, 0.5) is 10.5 Å². The normalized spacial score (nSPS) is 26.4. The van der Waals surface area contributed by atoms with E-state index in [-0.39, 0.29) is 19.1 Å². The number of nitrogens with one attached hydrogen (secondary N) is 1. The number of rotatable bonds is 1. The maximum Gasteiger partial charge on any atom is 0.415 e. The van der Waals surface area contributed by atoms with E-state index in [9.17, 15) is 9.59 Å². The standard InChI is InChI=1S/C15H15N3O3/c1-3-21-14(20)18-9-15(8-12(18)16-2)10-6-4-5-7-11(10)17-13(15)19/h4-7,12H,3,8-9H2,1H3,(H,17,19)/t12-,15-/m0/s1. The van der Waals surface area contributed by atoms with Crippen LogP contribution < -0.4 is 5.32 Å². The highest BCUT2D eigenvalue weighted by Crippen LogP contribution is 2.46. The lowest BCUT2D eigenvalue weighted by Crippen LogP contribution is -2.40. The molecular formula is C15H15N3O3. The Kier molecular flexibility index (Phi) is 3.05. The Labute approximate surface area is 122 Å². The molecule has 1 fully saturated rings. The van der Waals surface area contributed by atoms with Crippen molar-refractivity contribution in [2.24, 2.45) is 0 Å². The van der Waals surface area contributed by atoms with Crippen molar-refractivity contribution in [1.29, 1.82) is 0 Å². The maximum absolute atomic E-state index is 12.5. The molecule has 2 heterocycles. The molecule has 2 aliphatic rings. The smallest absolute Gasteiger partial charge is 0.415 e. The Morgan fingerprint density at radius 1 is 1.57 bits per heavy atom. The number of fused-ring (bicyclic) bond motifs is 2. The Balaban J connectivity index is 1.99. The van der Waals surface area contributed by atoms with Crippen LogP contribution in [0, 0.1) is 6.57 Å². The van der Waals surface area contributed by atoms with E-state index in [0.717, 1.165) is 11.3 Å². The molecule has 0 aromatic heterocycles. The molecule has 1 spiro atoms. The molecule has 0 saturated carbocycles. The lowest BCUT2D eigenvalue weighted by atomic mass is 9.80. The predicted octanol–water partition coefficient (Wildman–Crippen LogP) is 1.98. The number of benzene rings is 1. The molecule has 0 unspecified atom stereocenters. The minimum absolute atomic E-state index is 0.149. The van der Waals surface area contributed by atoms with Crippen molar-refractivity contribution < 1.29 is 14.3 Å². The average Bonchev–Trinajstić information content (AvgIpc) is 3.00. The molecule has 0 aliphatic carbocycles. The monoisotopic (exact) mass is 285 g/mol. The summed E-state index contributed by atoms with van der Waals surface area (Å²) in [5, 5.41) is 2.85. The van der Waals surface area contributed by atoms with Gasteiger partial charge < -0.3 is 10.1 Å². The second-order valence-corrected chi connectivity index (χ2v) is 5.22. The van der Waals surface area contributed by atoms with Gasteiger partial charge in [-0.15, -0.1) is 0 Å². The van der Waals surface area contributed by atoms with E-state index in [4.69, 9.17) is 11.3 Å². The third-order valence-electron chi connectivity index (χ3n) is 4.11. The SMILES string of the molecule is [C-]#[N+][C@@H]1C[C@@]2(CN1C(=O)OCC)C(=O)Nc1ccccc12. The first kappa shape index (κ1) is 13.4. The summed E-state index contributed by atoms with van der Waals surface area (Å²) in [5.41, 5.74) is 0.783. The van der Waals surface area contributed by atoms with Gasteiger partial charge >= 0.3 is 12.3 Å². The first-order chi connectivity index (χ1) is 10.1. The van der Waals surface area contributed by atoms with E-state index in [2.05, 4.69) is 10.2 Å². The average molecular weight is 285 g/mol. The van der Waals surface area contributed by atoms with Crippen LogP contribution in [-0.4, -0.2) is 36.2 Å². The number of hydrogen-bond donors (Lipinski definition) is 1. The summed E-state index contributed by atoms with van der Waals surface area (Å²) in [7, 11) is 0. The summed E-state index contributed by atoms with van der Waals surface area (Å²) in [5.74, 6) is -0.149. The largest absolute Gasteiger partial charge is 0.450 e. The molecule has 2 aliphatic heterocycles. The number of ether oxygens (including phenoxy) is 1. The molecule has 0 bridgehead atoms. The first-order valence-corrected chi connectivity index (χ1v) is 6.83. The summed E-state index contributed by atoms with van der Waals surface area (Å²) >= 11 is 0. The van der Waals surface area contributed by atoms with Crippen LogP contribution in [0.15, 0.2) is 24.3 Å². The zero-order valence-electron chi connectivity index (χ0n) is 11.6. The molecule has 6 heteroatoms. The summed E-state index contributed by atoms with van der Waals surface area (Å²) in [6.07, 6.45) is -0.897. The number of likely N-dealkylation sites (tertiary alicyclic amines) is 1. The molecule has 1 aromatic carbocycles. The summed E-state index contributed by atoms with van der Waals surface area (Å²) in [6.45, 7) is 9.44. The minimum Gasteiger partial charge on any atom is -0.450 e. The van der Waals surface area contributed by atoms with Gasteiger partial charge in [0.25, 0.3) is 0 Å². The van der Waals surface area contributed by atoms with Crippen LogP contribution in [0.5, 0.6) is 0 Å². The Morgan fingerprint density at radius 2 is 2.33 bits per heavy atom. The van der Waals surface area contributed by atoms with Gasteiger partial charge in [0.2, 0.25) is 5.91 Å². The second kappa shape index (κ2) is 4.77. The van der Waals surface area contributed by atoms with E-state index >= 15 is 0 Å². The van der Waals surface area contributed by atoms with Gasteiger partial charge in [0, 0.05) is 5.69 Å². The summed E-state index contributed by atoms with van der Waals surface area (Å²) < 4.78 is 5.00. The third kappa shape index (κ3) is 1.85. The van der Waals surface area contributed by atoms with Crippen molar-refractivity contribution in [2.45, 2.75) is 24.9 Å². The van der Waals surface area contributed by atoms with E-state index < -0.39 is 17.7 Å². The van der Waals surface area contributed by atoms with E-state index in [0.29, 0.717) is 6.42 Å². The van der Waals surface area contributed by atoms with Gasteiger partial charge in [-0.05, 0) is 18.6 Å². The van der Waals surface area contributed by atoms with Gasteiger partial charge in [-0.25, -0.2) is 16.3 Å². The fourth-order valence-electron chi connectivity index (χ4n) is 3.12. The van der Waals surface area contributed by atoms with Crippen LogP contribution in [0.2, 0.25) is 0 Å². The molecule has 1 saturated heterocycles. The Morgan fingerprint density at radius 3 is 3.05 bits per heavy atom. The molecule has 6 nitrogen and oxygen atoms in total. The van der Waals surface area contributed by atoms with Crippen molar-refractivity contribution >= 4 is 17.7 Å². The van der Waals surface area contributed by atoms with Crippen molar-refractivity contribution in [2.75, 3.05) is 18.5 Å². The van der Waals surface area contributed by atoms with Gasteiger partial charge in [0.15, 0.2) is 0 Å². The Hall–Kier alpha value is -2.55. The highest BCUT2D eigenvalue weighted by atomic mass is 16.6. The predicted molar refractivity (Wildman–Crippen MR) is 75.5 cm³/mol. The van der Waals surface area contributed by atoms with Gasteiger partial charge in [-0.2, -0.15) is 0 Å². The van der Waals surface area contributed by atoms with Crippen LogP contribution in [0.3, 0.4) is 0 Å². The number of carbonyl (C=O) groups excluding carboxylic acids is 2. The lowest BCUT2D eigenvalue weighted by Gasteiger charge is -2.20. The van der Waals surface area contributed by atoms with Crippen molar-refractivity contribution in [1.82, 2.24) is 4.90 Å². The first-order valence-electron chi connectivity index (χ1n) is 6.83. The van der Waals surface area contributed by atoms with Crippen LogP contribution >= 0.6 is 0 Å². The number of hydrogen-bond acceptors (Lipinski definition) is 3. The fourth-order valence-corrected chi connectivity index (χ4v) is 3.12. The van der Waals surface area contributed by atoms with E-state index in [1.165, 1.54) is 4.90 Å². The van der Waals surface area contributed by atoms with E-state index in [1.807, 2.05) is 24.3 Å².